The lowest BCUT2D eigenvalue weighted by Gasteiger charge is -2.37. The van der Waals surface area contributed by atoms with Gasteiger partial charge in [0.05, 0.1) is 0 Å². The molecule has 0 saturated heterocycles. The normalized spacial score (nSPS) is 29.2. The Morgan fingerprint density at radius 2 is 0.708 bits per heavy atom. The van der Waals surface area contributed by atoms with Gasteiger partial charge in [-0.1, -0.05) is 104 Å². The van der Waals surface area contributed by atoms with E-state index in [9.17, 15) is 0 Å². The van der Waals surface area contributed by atoms with Crippen molar-refractivity contribution >= 4 is 0 Å². The minimum Gasteiger partial charge on any atom is -0.0654 e. The lowest BCUT2D eigenvalue weighted by atomic mass is 9.69. The van der Waals surface area contributed by atoms with Gasteiger partial charge in [-0.2, -0.15) is 0 Å². The first-order valence-corrected chi connectivity index (χ1v) is 11.8. The molecule has 0 aromatic rings. The van der Waals surface area contributed by atoms with Crippen molar-refractivity contribution in [3.8, 4) is 0 Å². The van der Waals surface area contributed by atoms with Gasteiger partial charge in [0.1, 0.15) is 0 Å². The quantitative estimate of drug-likeness (QED) is 0.263. The van der Waals surface area contributed by atoms with Crippen LogP contribution in [-0.4, -0.2) is 0 Å². The van der Waals surface area contributed by atoms with Crippen LogP contribution in [0.4, 0.5) is 0 Å². The maximum Gasteiger partial charge on any atom is -0.0386 e. The molecule has 142 valence electrons. The van der Waals surface area contributed by atoms with Gasteiger partial charge in [-0.25, -0.2) is 0 Å². The SMILES string of the molecule is CCCCC1CCC1CCCCCCCCC1CCC1CCCC. The summed E-state index contributed by atoms with van der Waals surface area (Å²) >= 11 is 0. The molecule has 24 heavy (non-hydrogen) atoms. The van der Waals surface area contributed by atoms with E-state index in [1.165, 1.54) is 77.0 Å². The highest BCUT2D eigenvalue weighted by Gasteiger charge is 2.29. The van der Waals surface area contributed by atoms with Gasteiger partial charge in [-0.15, -0.1) is 0 Å². The van der Waals surface area contributed by atoms with E-state index in [4.69, 9.17) is 0 Å². The molecular formula is C24H46. The first kappa shape index (κ1) is 20.3. The Kier molecular flexibility index (Phi) is 10.5. The second-order valence-electron chi connectivity index (χ2n) is 9.18. The van der Waals surface area contributed by atoms with Crippen molar-refractivity contribution in [2.24, 2.45) is 23.7 Å². The Labute approximate surface area is 153 Å². The Balaban J connectivity index is 1.35. The Bertz CT molecular complexity index is 264. The number of unbranched alkanes of at least 4 members (excludes halogenated alkanes) is 7. The summed E-state index contributed by atoms with van der Waals surface area (Å²) in [5.41, 5.74) is 0. The standard InChI is InChI=1S/C24H46/c1-3-5-13-21-17-19-23(21)15-11-9-7-8-10-12-16-24-20-18-22(24)14-6-4-2/h21-24H,3-20H2,1-2H3. The summed E-state index contributed by atoms with van der Waals surface area (Å²) in [5.74, 6) is 4.48. The van der Waals surface area contributed by atoms with Crippen molar-refractivity contribution in [1.82, 2.24) is 0 Å². The van der Waals surface area contributed by atoms with Crippen molar-refractivity contribution in [2.45, 2.75) is 129 Å². The summed E-state index contributed by atoms with van der Waals surface area (Å²) in [6.45, 7) is 4.67. The van der Waals surface area contributed by atoms with Crippen molar-refractivity contribution < 1.29 is 0 Å². The molecule has 0 heteroatoms. The maximum atomic E-state index is 2.34. The zero-order valence-corrected chi connectivity index (χ0v) is 17.0. The number of hydrogen-bond donors (Lipinski definition) is 0. The smallest absolute Gasteiger partial charge is 0.0386 e. The molecule has 2 aliphatic carbocycles. The first-order chi connectivity index (χ1) is 11.8. The van der Waals surface area contributed by atoms with Crippen LogP contribution in [0.5, 0.6) is 0 Å². The number of rotatable bonds is 15. The molecule has 0 heterocycles. The van der Waals surface area contributed by atoms with Crippen LogP contribution in [0.1, 0.15) is 129 Å². The minimum atomic E-state index is 1.12. The molecule has 0 aromatic heterocycles. The second-order valence-corrected chi connectivity index (χ2v) is 9.18. The second kappa shape index (κ2) is 12.4. The summed E-state index contributed by atoms with van der Waals surface area (Å²) < 4.78 is 0. The van der Waals surface area contributed by atoms with Crippen LogP contribution in [0.25, 0.3) is 0 Å². The monoisotopic (exact) mass is 334 g/mol. The molecule has 2 saturated carbocycles. The summed E-state index contributed by atoms with van der Waals surface area (Å²) in [5, 5.41) is 0. The van der Waals surface area contributed by atoms with Crippen LogP contribution in [0.15, 0.2) is 0 Å². The average Bonchev–Trinajstić information content (AvgIpc) is 2.55. The van der Waals surface area contributed by atoms with E-state index in [2.05, 4.69) is 13.8 Å². The molecule has 4 unspecified atom stereocenters. The molecule has 0 aliphatic heterocycles. The Morgan fingerprint density at radius 1 is 0.417 bits per heavy atom. The highest BCUT2D eigenvalue weighted by Crippen LogP contribution is 2.42. The van der Waals surface area contributed by atoms with Crippen molar-refractivity contribution in [3.05, 3.63) is 0 Å². The fourth-order valence-corrected chi connectivity index (χ4v) is 5.25. The van der Waals surface area contributed by atoms with Gasteiger partial charge in [-0.3, -0.25) is 0 Å². The molecule has 2 aliphatic rings. The van der Waals surface area contributed by atoms with Gasteiger partial charge in [0, 0.05) is 0 Å². The van der Waals surface area contributed by atoms with Gasteiger partial charge in [0.15, 0.2) is 0 Å². The van der Waals surface area contributed by atoms with E-state index in [0.29, 0.717) is 0 Å². The third kappa shape index (κ3) is 7.09. The fourth-order valence-electron chi connectivity index (χ4n) is 5.25. The van der Waals surface area contributed by atoms with Gasteiger partial charge in [0.2, 0.25) is 0 Å². The van der Waals surface area contributed by atoms with E-state index in [1.54, 1.807) is 38.5 Å². The third-order valence-corrected chi connectivity index (χ3v) is 7.41. The van der Waals surface area contributed by atoms with Gasteiger partial charge in [-0.05, 0) is 49.4 Å². The van der Waals surface area contributed by atoms with Crippen molar-refractivity contribution in [3.63, 3.8) is 0 Å². The maximum absolute atomic E-state index is 2.34. The van der Waals surface area contributed by atoms with Crippen LogP contribution >= 0.6 is 0 Å². The van der Waals surface area contributed by atoms with E-state index in [0.717, 1.165) is 23.7 Å². The highest BCUT2D eigenvalue weighted by molar-refractivity contribution is 4.81. The molecular weight excluding hydrogens is 288 g/mol. The zero-order chi connectivity index (χ0) is 17.0. The van der Waals surface area contributed by atoms with Crippen molar-refractivity contribution in [1.29, 1.82) is 0 Å². The first-order valence-electron chi connectivity index (χ1n) is 11.8. The molecule has 0 radical (unpaired) electrons. The molecule has 0 N–H and O–H groups in total. The van der Waals surface area contributed by atoms with Crippen LogP contribution in [-0.2, 0) is 0 Å². The summed E-state index contributed by atoms with van der Waals surface area (Å²) in [7, 11) is 0. The summed E-state index contributed by atoms with van der Waals surface area (Å²) in [6.07, 6.45) is 27.2. The molecule has 2 rings (SSSR count). The predicted octanol–water partition coefficient (Wildman–Crippen LogP) is 8.54. The summed E-state index contributed by atoms with van der Waals surface area (Å²) in [6, 6.07) is 0. The molecule has 2 fully saturated rings. The van der Waals surface area contributed by atoms with E-state index in [1.807, 2.05) is 0 Å². The van der Waals surface area contributed by atoms with E-state index >= 15 is 0 Å². The largest absolute Gasteiger partial charge is 0.0654 e. The Morgan fingerprint density at radius 3 is 1.00 bits per heavy atom. The third-order valence-electron chi connectivity index (χ3n) is 7.41. The van der Waals surface area contributed by atoms with Gasteiger partial charge in [0.25, 0.3) is 0 Å². The molecule has 0 spiro atoms. The zero-order valence-electron chi connectivity index (χ0n) is 17.0. The average molecular weight is 335 g/mol. The minimum absolute atomic E-state index is 1.12. The number of hydrogen-bond acceptors (Lipinski definition) is 0. The molecule has 0 nitrogen and oxygen atoms in total. The lowest BCUT2D eigenvalue weighted by Crippen LogP contribution is -2.25. The van der Waals surface area contributed by atoms with Crippen LogP contribution in [0, 0.1) is 23.7 Å². The van der Waals surface area contributed by atoms with Crippen LogP contribution in [0.2, 0.25) is 0 Å². The van der Waals surface area contributed by atoms with Gasteiger partial charge >= 0.3 is 0 Å². The molecule has 0 amide bonds. The van der Waals surface area contributed by atoms with Crippen LogP contribution < -0.4 is 0 Å². The fraction of sp³-hybridized carbons (Fsp3) is 1.00. The van der Waals surface area contributed by atoms with Crippen LogP contribution in [0.3, 0.4) is 0 Å². The molecule has 0 aromatic carbocycles. The van der Waals surface area contributed by atoms with Gasteiger partial charge < -0.3 is 0 Å². The van der Waals surface area contributed by atoms with Crippen molar-refractivity contribution in [2.75, 3.05) is 0 Å². The van der Waals surface area contributed by atoms with E-state index in [-0.39, 0.29) is 0 Å². The molecule has 0 bridgehead atoms. The van der Waals surface area contributed by atoms with E-state index < -0.39 is 0 Å². The molecule has 4 atom stereocenters. The summed E-state index contributed by atoms with van der Waals surface area (Å²) in [4.78, 5) is 0. The lowest BCUT2D eigenvalue weighted by molar-refractivity contribution is 0.144. The predicted molar refractivity (Wildman–Crippen MR) is 108 cm³/mol. The highest BCUT2D eigenvalue weighted by atomic mass is 14.4. The Hall–Kier alpha value is 0. The topological polar surface area (TPSA) is 0 Å².